The van der Waals surface area contributed by atoms with Crippen molar-refractivity contribution >= 4 is 5.91 Å². The van der Waals surface area contributed by atoms with Gasteiger partial charge in [0.05, 0.1) is 19.8 Å². The summed E-state index contributed by atoms with van der Waals surface area (Å²) in [6.07, 6.45) is 3.44. The van der Waals surface area contributed by atoms with Crippen LogP contribution >= 0.6 is 0 Å². The fourth-order valence-corrected chi connectivity index (χ4v) is 3.17. The standard InChI is InChI=1S/C20H32N2O4/c1-5-6-13-26-17-8-7-16(14-18(17)24-3)15(2)22-19(23)20(25-4)9-11-21-12-10-20/h7-8,14-15,21H,5-6,9-13H2,1-4H3,(H,22,23). The highest BCUT2D eigenvalue weighted by Crippen LogP contribution is 2.31. The van der Waals surface area contributed by atoms with Crippen LogP contribution in [-0.4, -0.2) is 45.4 Å². The van der Waals surface area contributed by atoms with Gasteiger partial charge in [0.2, 0.25) is 0 Å². The van der Waals surface area contributed by atoms with E-state index < -0.39 is 5.60 Å². The van der Waals surface area contributed by atoms with E-state index in [-0.39, 0.29) is 11.9 Å². The number of unbranched alkanes of at least 4 members (excludes halogenated alkanes) is 1. The Kier molecular flexibility index (Phi) is 7.72. The van der Waals surface area contributed by atoms with Crippen molar-refractivity contribution < 1.29 is 19.0 Å². The SMILES string of the molecule is CCCCOc1ccc(C(C)NC(=O)C2(OC)CCNCC2)cc1OC. The smallest absolute Gasteiger partial charge is 0.252 e. The average Bonchev–Trinajstić information content (AvgIpc) is 2.68. The molecule has 2 rings (SSSR count). The lowest BCUT2D eigenvalue weighted by Crippen LogP contribution is -2.54. The lowest BCUT2D eigenvalue weighted by atomic mass is 9.90. The van der Waals surface area contributed by atoms with Gasteiger partial charge in [0, 0.05) is 7.11 Å². The highest BCUT2D eigenvalue weighted by molar-refractivity contribution is 5.85. The Morgan fingerprint density at radius 3 is 2.62 bits per heavy atom. The van der Waals surface area contributed by atoms with Crippen LogP contribution in [0.15, 0.2) is 18.2 Å². The second kappa shape index (κ2) is 9.78. The molecule has 0 aliphatic carbocycles. The average molecular weight is 364 g/mol. The molecule has 6 nitrogen and oxygen atoms in total. The van der Waals surface area contributed by atoms with E-state index in [0.29, 0.717) is 25.2 Å². The molecule has 1 heterocycles. The predicted molar refractivity (Wildman–Crippen MR) is 102 cm³/mol. The van der Waals surface area contributed by atoms with Crippen LogP contribution in [0.2, 0.25) is 0 Å². The Bertz CT molecular complexity index is 585. The molecule has 1 amide bonds. The number of methoxy groups -OCH3 is 2. The minimum Gasteiger partial charge on any atom is -0.493 e. The van der Waals surface area contributed by atoms with Gasteiger partial charge in [-0.1, -0.05) is 19.4 Å². The molecule has 1 atom stereocenters. The van der Waals surface area contributed by atoms with Gasteiger partial charge in [0.1, 0.15) is 5.60 Å². The van der Waals surface area contributed by atoms with Gasteiger partial charge in [-0.15, -0.1) is 0 Å². The van der Waals surface area contributed by atoms with Crippen LogP contribution in [0.3, 0.4) is 0 Å². The minimum atomic E-state index is -0.743. The molecule has 1 unspecified atom stereocenters. The predicted octanol–water partition coefficient (Wildman–Crippen LogP) is 2.82. The van der Waals surface area contributed by atoms with E-state index in [2.05, 4.69) is 17.6 Å². The molecule has 0 spiro atoms. The zero-order chi connectivity index (χ0) is 19.0. The first-order chi connectivity index (χ1) is 12.6. The number of hydrogen-bond acceptors (Lipinski definition) is 5. The molecule has 1 aromatic rings. The van der Waals surface area contributed by atoms with E-state index in [9.17, 15) is 4.79 Å². The summed E-state index contributed by atoms with van der Waals surface area (Å²) in [5.41, 5.74) is 0.227. The van der Waals surface area contributed by atoms with Crippen molar-refractivity contribution in [3.8, 4) is 11.5 Å². The monoisotopic (exact) mass is 364 g/mol. The van der Waals surface area contributed by atoms with E-state index in [1.54, 1.807) is 14.2 Å². The number of amides is 1. The Morgan fingerprint density at radius 2 is 2.00 bits per heavy atom. The quantitative estimate of drug-likeness (QED) is 0.660. The van der Waals surface area contributed by atoms with E-state index in [0.717, 1.165) is 37.2 Å². The lowest BCUT2D eigenvalue weighted by molar-refractivity contribution is -0.147. The molecule has 0 saturated carbocycles. The highest BCUT2D eigenvalue weighted by atomic mass is 16.5. The van der Waals surface area contributed by atoms with Gasteiger partial charge in [-0.2, -0.15) is 0 Å². The maximum atomic E-state index is 12.8. The normalized spacial score (nSPS) is 17.4. The van der Waals surface area contributed by atoms with Crippen molar-refractivity contribution in [1.29, 1.82) is 0 Å². The molecule has 1 saturated heterocycles. The third kappa shape index (κ3) is 4.89. The van der Waals surface area contributed by atoms with Gasteiger partial charge < -0.3 is 24.8 Å². The Labute approximate surface area is 156 Å². The molecule has 0 radical (unpaired) electrons. The number of ether oxygens (including phenoxy) is 3. The number of benzene rings is 1. The van der Waals surface area contributed by atoms with Crippen LogP contribution in [0.4, 0.5) is 0 Å². The summed E-state index contributed by atoms with van der Waals surface area (Å²) in [7, 11) is 3.24. The summed E-state index contributed by atoms with van der Waals surface area (Å²) in [6, 6.07) is 5.65. The van der Waals surface area contributed by atoms with Crippen LogP contribution in [-0.2, 0) is 9.53 Å². The van der Waals surface area contributed by atoms with E-state index in [4.69, 9.17) is 14.2 Å². The van der Waals surface area contributed by atoms with Crippen LogP contribution in [0.1, 0.15) is 51.1 Å². The second-order valence-electron chi connectivity index (χ2n) is 6.76. The van der Waals surface area contributed by atoms with Crippen molar-refractivity contribution in [2.45, 2.75) is 51.2 Å². The number of hydrogen-bond donors (Lipinski definition) is 2. The largest absolute Gasteiger partial charge is 0.493 e. The summed E-state index contributed by atoms with van der Waals surface area (Å²) < 4.78 is 16.8. The summed E-state index contributed by atoms with van der Waals surface area (Å²) in [4.78, 5) is 12.8. The number of carbonyl (C=O) groups is 1. The van der Waals surface area contributed by atoms with Crippen molar-refractivity contribution in [3.05, 3.63) is 23.8 Å². The number of piperidine rings is 1. The van der Waals surface area contributed by atoms with E-state index >= 15 is 0 Å². The molecule has 26 heavy (non-hydrogen) atoms. The maximum Gasteiger partial charge on any atom is 0.252 e. The zero-order valence-electron chi connectivity index (χ0n) is 16.4. The van der Waals surface area contributed by atoms with Gasteiger partial charge in [0.15, 0.2) is 11.5 Å². The molecule has 6 heteroatoms. The summed E-state index contributed by atoms with van der Waals surface area (Å²) in [5.74, 6) is 1.36. The summed E-state index contributed by atoms with van der Waals surface area (Å²) in [5, 5.41) is 6.36. The van der Waals surface area contributed by atoms with Gasteiger partial charge in [-0.3, -0.25) is 4.79 Å². The zero-order valence-corrected chi connectivity index (χ0v) is 16.4. The molecule has 1 aliphatic heterocycles. The van der Waals surface area contributed by atoms with E-state index in [1.165, 1.54) is 0 Å². The fraction of sp³-hybridized carbons (Fsp3) is 0.650. The molecule has 1 aliphatic rings. The lowest BCUT2D eigenvalue weighted by Gasteiger charge is -2.35. The molecule has 0 bridgehead atoms. The Balaban J connectivity index is 2.06. The van der Waals surface area contributed by atoms with Crippen molar-refractivity contribution in [1.82, 2.24) is 10.6 Å². The Hall–Kier alpha value is -1.79. The van der Waals surface area contributed by atoms with Crippen molar-refractivity contribution in [3.63, 3.8) is 0 Å². The fourth-order valence-electron chi connectivity index (χ4n) is 3.17. The second-order valence-corrected chi connectivity index (χ2v) is 6.76. The first-order valence-electron chi connectivity index (χ1n) is 9.44. The third-order valence-corrected chi connectivity index (χ3v) is 5.01. The van der Waals surface area contributed by atoms with E-state index in [1.807, 2.05) is 25.1 Å². The van der Waals surface area contributed by atoms with Crippen LogP contribution in [0, 0.1) is 0 Å². The molecular weight excluding hydrogens is 332 g/mol. The first-order valence-corrected chi connectivity index (χ1v) is 9.44. The van der Waals surface area contributed by atoms with Crippen LogP contribution < -0.4 is 20.1 Å². The van der Waals surface area contributed by atoms with Gasteiger partial charge in [-0.25, -0.2) is 0 Å². The van der Waals surface area contributed by atoms with Gasteiger partial charge >= 0.3 is 0 Å². The summed E-state index contributed by atoms with van der Waals surface area (Å²) in [6.45, 7) is 6.33. The molecular formula is C20H32N2O4. The third-order valence-electron chi connectivity index (χ3n) is 5.01. The van der Waals surface area contributed by atoms with Gasteiger partial charge in [0.25, 0.3) is 5.91 Å². The molecule has 0 aromatic heterocycles. The van der Waals surface area contributed by atoms with Crippen LogP contribution in [0.5, 0.6) is 11.5 Å². The van der Waals surface area contributed by atoms with Crippen molar-refractivity contribution in [2.75, 3.05) is 33.9 Å². The minimum absolute atomic E-state index is 0.0590. The van der Waals surface area contributed by atoms with Gasteiger partial charge in [-0.05, 0) is 57.0 Å². The number of carbonyl (C=O) groups excluding carboxylic acids is 1. The molecule has 1 aromatic carbocycles. The maximum absolute atomic E-state index is 12.8. The topological polar surface area (TPSA) is 68.8 Å². The Morgan fingerprint density at radius 1 is 1.27 bits per heavy atom. The molecule has 1 fully saturated rings. The number of nitrogens with one attached hydrogen (secondary N) is 2. The highest BCUT2D eigenvalue weighted by Gasteiger charge is 2.40. The first kappa shape index (κ1) is 20.5. The number of rotatable bonds is 9. The van der Waals surface area contributed by atoms with Crippen molar-refractivity contribution in [2.24, 2.45) is 0 Å². The molecule has 2 N–H and O–H groups in total. The molecule has 146 valence electrons. The van der Waals surface area contributed by atoms with Crippen LogP contribution in [0.25, 0.3) is 0 Å². The summed E-state index contributed by atoms with van der Waals surface area (Å²) >= 11 is 0.